The van der Waals surface area contributed by atoms with Crippen LogP contribution in [0, 0.1) is 6.92 Å². The minimum Gasteiger partial charge on any atom is -0.456 e. The van der Waals surface area contributed by atoms with Crippen LogP contribution in [0.2, 0.25) is 0 Å². The van der Waals surface area contributed by atoms with Gasteiger partial charge in [-0.2, -0.15) is 23.7 Å². The SMILES string of the molecule is CCCCCCCCCCCCCCCCCC(=O)Nc1ccc(C(=O)NC2=NN(c3ccc(Oc4ccccc4)c(S(=O)(=O)O)c3)C(=O)C2N=Nc2ccc(NS(=O)(=O)c3ccc(C)cc3)cc2)cc1. The Morgan fingerprint density at radius 2 is 1.27 bits per heavy atom. The molecule has 0 radical (unpaired) electrons. The Morgan fingerprint density at radius 1 is 0.690 bits per heavy atom. The molecule has 1 unspecified atom stereocenters. The quantitative estimate of drug-likeness (QED) is 0.0223. The fraction of sp³-hybridized carbons (Fsp3) is 0.358. The fourth-order valence-electron chi connectivity index (χ4n) is 7.78. The van der Waals surface area contributed by atoms with Crippen LogP contribution in [0.25, 0.3) is 0 Å². The largest absolute Gasteiger partial charge is 0.456 e. The topological polar surface area (TPSA) is 225 Å². The van der Waals surface area contributed by atoms with Gasteiger partial charge in [0.15, 0.2) is 5.84 Å². The highest BCUT2D eigenvalue weighted by molar-refractivity contribution is 7.92. The molecule has 376 valence electrons. The van der Waals surface area contributed by atoms with Crippen molar-refractivity contribution in [1.82, 2.24) is 5.32 Å². The number of nitrogens with one attached hydrogen (secondary N) is 3. The third kappa shape index (κ3) is 16.7. The van der Waals surface area contributed by atoms with Gasteiger partial charge in [0.1, 0.15) is 16.4 Å². The van der Waals surface area contributed by atoms with E-state index in [4.69, 9.17) is 4.74 Å². The molecule has 4 N–H and O–H groups in total. The summed E-state index contributed by atoms with van der Waals surface area (Å²) in [6.07, 6.45) is 19.0. The Labute approximate surface area is 417 Å². The van der Waals surface area contributed by atoms with Gasteiger partial charge in [-0.05, 0) is 104 Å². The average molecular weight is 1010 g/mol. The van der Waals surface area contributed by atoms with Crippen LogP contribution < -0.4 is 25.1 Å². The van der Waals surface area contributed by atoms with Crippen LogP contribution in [0.5, 0.6) is 11.5 Å². The number of amidine groups is 1. The van der Waals surface area contributed by atoms with Crippen molar-refractivity contribution in [3.8, 4) is 11.5 Å². The van der Waals surface area contributed by atoms with Gasteiger partial charge < -0.3 is 15.4 Å². The van der Waals surface area contributed by atoms with E-state index in [2.05, 4.69) is 37.6 Å². The molecule has 0 bridgehead atoms. The minimum atomic E-state index is -4.90. The summed E-state index contributed by atoms with van der Waals surface area (Å²) in [5.74, 6) is -1.84. The molecule has 6 rings (SSSR count). The third-order valence-electron chi connectivity index (χ3n) is 11.7. The van der Waals surface area contributed by atoms with Crippen molar-refractivity contribution >= 4 is 66.4 Å². The normalized spacial score (nSPS) is 13.8. The number of anilines is 3. The van der Waals surface area contributed by atoms with Crippen molar-refractivity contribution in [3.63, 3.8) is 0 Å². The first-order chi connectivity index (χ1) is 34.2. The summed E-state index contributed by atoms with van der Waals surface area (Å²) in [6.45, 7) is 4.09. The molecule has 0 spiro atoms. The van der Waals surface area contributed by atoms with Crippen LogP contribution in [0.3, 0.4) is 0 Å². The predicted octanol–water partition coefficient (Wildman–Crippen LogP) is 12.3. The lowest BCUT2D eigenvalue weighted by atomic mass is 10.0. The maximum Gasteiger partial charge on any atom is 0.298 e. The van der Waals surface area contributed by atoms with E-state index in [9.17, 15) is 35.8 Å². The van der Waals surface area contributed by atoms with E-state index >= 15 is 0 Å². The van der Waals surface area contributed by atoms with Gasteiger partial charge in [-0.25, -0.2) is 8.42 Å². The van der Waals surface area contributed by atoms with E-state index in [-0.39, 0.29) is 50.8 Å². The lowest BCUT2D eigenvalue weighted by molar-refractivity contribution is -0.118. The van der Waals surface area contributed by atoms with Crippen LogP contribution in [0.1, 0.15) is 126 Å². The molecule has 3 amide bonds. The number of carbonyl (C=O) groups excluding carboxylic acids is 3. The summed E-state index contributed by atoms with van der Waals surface area (Å²) >= 11 is 0. The lowest BCUT2D eigenvalue weighted by Gasteiger charge is -2.15. The molecule has 0 saturated heterocycles. The Morgan fingerprint density at radius 3 is 1.86 bits per heavy atom. The number of nitrogens with zero attached hydrogens (tertiary/aromatic N) is 4. The van der Waals surface area contributed by atoms with Gasteiger partial charge in [0.2, 0.25) is 11.9 Å². The summed E-state index contributed by atoms with van der Waals surface area (Å²) in [7, 11) is -8.79. The van der Waals surface area contributed by atoms with Gasteiger partial charge in [0, 0.05) is 23.4 Å². The monoisotopic (exact) mass is 1010 g/mol. The summed E-state index contributed by atoms with van der Waals surface area (Å²) in [6, 6.07) is 28.7. The van der Waals surface area contributed by atoms with Crippen molar-refractivity contribution < 1.29 is 40.5 Å². The average Bonchev–Trinajstić information content (AvgIpc) is 3.66. The number of benzene rings is 5. The molecule has 18 heteroatoms. The Kier molecular flexibility index (Phi) is 20.0. The first kappa shape index (κ1) is 53.6. The van der Waals surface area contributed by atoms with Crippen LogP contribution in [-0.4, -0.2) is 51.0 Å². The van der Waals surface area contributed by atoms with Crippen LogP contribution in [0.15, 0.2) is 146 Å². The second-order valence-corrected chi connectivity index (χ2v) is 20.6. The standard InChI is InChI=1S/C53H63N7O9S2/c1-3-4-5-6-7-8-9-10-11-12-13-14-15-16-20-23-49(61)54-41-28-26-40(27-29-41)52(62)55-51-50(57-56-42-30-32-43(33-31-42)59-70(64,65)46-35-24-39(2)25-36-46)53(63)60(58-51)44-34-37-47(48(38-44)71(66,67)68)69-45-21-18-17-19-22-45/h17-19,21-22,24-38,50,59H,3-16,20,23H2,1-2H3,(H,54,61)(H,55,58,62)(H,66,67,68). The molecule has 1 heterocycles. The summed E-state index contributed by atoms with van der Waals surface area (Å²) < 4.78 is 69.5. The number of hydrazone groups is 1. The van der Waals surface area contributed by atoms with Gasteiger partial charge in [-0.15, -0.1) is 5.10 Å². The Balaban J connectivity index is 1.08. The summed E-state index contributed by atoms with van der Waals surface area (Å²) in [5.41, 5.74) is 1.91. The maximum atomic E-state index is 14.1. The number of para-hydroxylation sites is 1. The number of azo groups is 1. The van der Waals surface area contributed by atoms with Crippen molar-refractivity contribution in [1.29, 1.82) is 0 Å². The molecule has 0 fully saturated rings. The van der Waals surface area contributed by atoms with E-state index in [1.54, 1.807) is 54.6 Å². The highest BCUT2D eigenvalue weighted by Crippen LogP contribution is 2.34. The van der Waals surface area contributed by atoms with Crippen molar-refractivity contribution in [2.24, 2.45) is 15.3 Å². The Hall–Kier alpha value is -6.76. The highest BCUT2D eigenvalue weighted by atomic mass is 32.2. The van der Waals surface area contributed by atoms with Gasteiger partial charge >= 0.3 is 0 Å². The zero-order valence-corrected chi connectivity index (χ0v) is 41.9. The van der Waals surface area contributed by atoms with E-state index < -0.39 is 42.9 Å². The molecule has 0 aliphatic carbocycles. The smallest absolute Gasteiger partial charge is 0.298 e. The second-order valence-electron chi connectivity index (χ2n) is 17.5. The molecule has 16 nitrogen and oxygen atoms in total. The van der Waals surface area contributed by atoms with Gasteiger partial charge in [0.25, 0.3) is 32.0 Å². The Bertz CT molecular complexity index is 2840. The molecule has 71 heavy (non-hydrogen) atoms. The van der Waals surface area contributed by atoms with Crippen LogP contribution >= 0.6 is 0 Å². The molecule has 1 aliphatic heterocycles. The number of unbranched alkanes of at least 4 members (excludes halogenated alkanes) is 14. The molecular weight excluding hydrogens is 943 g/mol. The maximum absolute atomic E-state index is 14.1. The molecule has 5 aromatic rings. The van der Waals surface area contributed by atoms with E-state index in [0.29, 0.717) is 12.1 Å². The summed E-state index contributed by atoms with van der Waals surface area (Å²) in [4.78, 5) is 39.9. The van der Waals surface area contributed by atoms with Crippen molar-refractivity contribution in [3.05, 3.63) is 132 Å². The number of hydrogen-bond acceptors (Lipinski definition) is 11. The molecule has 5 aromatic carbocycles. The number of ether oxygens (including phenoxy) is 1. The van der Waals surface area contributed by atoms with E-state index in [1.807, 2.05) is 6.92 Å². The molecule has 0 saturated carbocycles. The zero-order chi connectivity index (χ0) is 50.6. The zero-order valence-electron chi connectivity index (χ0n) is 40.3. The molecular formula is C53H63N7O9S2. The van der Waals surface area contributed by atoms with Crippen LogP contribution in [-0.2, 0) is 29.7 Å². The predicted molar refractivity (Wildman–Crippen MR) is 277 cm³/mol. The number of sulfonamides is 1. The number of rotatable bonds is 27. The summed E-state index contributed by atoms with van der Waals surface area (Å²) in [5, 5.41) is 19.1. The van der Waals surface area contributed by atoms with Gasteiger partial charge in [-0.3, -0.25) is 23.7 Å². The highest BCUT2D eigenvalue weighted by Gasteiger charge is 2.39. The first-order valence-corrected chi connectivity index (χ1v) is 27.2. The molecule has 0 aromatic heterocycles. The third-order valence-corrected chi connectivity index (χ3v) is 14.0. The minimum absolute atomic E-state index is 0.0792. The van der Waals surface area contributed by atoms with Crippen LogP contribution in [0.4, 0.5) is 22.7 Å². The lowest BCUT2D eigenvalue weighted by Crippen LogP contribution is -2.39. The molecule has 1 aliphatic rings. The first-order valence-electron chi connectivity index (χ1n) is 24.3. The number of carbonyl (C=O) groups is 3. The number of amides is 3. The number of hydrogen-bond donors (Lipinski definition) is 4. The van der Waals surface area contributed by atoms with Gasteiger partial charge in [-0.1, -0.05) is 133 Å². The fourth-order valence-corrected chi connectivity index (χ4v) is 9.47. The van der Waals surface area contributed by atoms with Crippen molar-refractivity contribution in [2.75, 3.05) is 15.0 Å². The number of aryl methyl sites for hydroxylation is 1. The molecule has 1 atom stereocenters. The van der Waals surface area contributed by atoms with E-state index in [0.717, 1.165) is 35.9 Å². The van der Waals surface area contributed by atoms with Crippen molar-refractivity contribution in [2.45, 2.75) is 132 Å². The van der Waals surface area contributed by atoms with Gasteiger partial charge in [0.05, 0.1) is 16.3 Å². The van der Waals surface area contributed by atoms with E-state index in [1.165, 1.54) is 138 Å². The second kappa shape index (κ2) is 26.4.